The highest BCUT2D eigenvalue weighted by Crippen LogP contribution is 2.29. The molecule has 0 aromatic heterocycles. The summed E-state index contributed by atoms with van der Waals surface area (Å²) < 4.78 is 29.5. The second kappa shape index (κ2) is 15.0. The summed E-state index contributed by atoms with van der Waals surface area (Å²) in [6, 6.07) is 26.7. The smallest absolute Gasteiger partial charge is 0.264 e. The molecule has 45 heavy (non-hydrogen) atoms. The van der Waals surface area contributed by atoms with E-state index >= 15 is 0 Å². The SMILES string of the molecule is Cc1ccc(S(=O)(=O)N(CC(=O)N(Cc2ccc(Cl)c(Cl)c2)[C@@H](Cc2ccccc2)C(=O)NC(C)C)c2ccccc2C)cc1. The van der Waals surface area contributed by atoms with E-state index in [1.54, 1.807) is 61.5 Å². The maximum Gasteiger partial charge on any atom is 0.264 e. The average molecular weight is 667 g/mol. The summed E-state index contributed by atoms with van der Waals surface area (Å²) in [7, 11) is -4.18. The fourth-order valence-corrected chi connectivity index (χ4v) is 6.76. The molecule has 0 bridgehead atoms. The van der Waals surface area contributed by atoms with Gasteiger partial charge in [-0.05, 0) is 74.7 Å². The van der Waals surface area contributed by atoms with Gasteiger partial charge in [-0.2, -0.15) is 0 Å². The number of nitrogens with zero attached hydrogens (tertiary/aromatic N) is 2. The van der Waals surface area contributed by atoms with Crippen LogP contribution in [-0.2, 0) is 32.6 Å². The lowest BCUT2D eigenvalue weighted by Crippen LogP contribution is -2.54. The molecular weight excluding hydrogens is 629 g/mol. The normalized spacial score (nSPS) is 12.1. The van der Waals surface area contributed by atoms with Crippen LogP contribution in [0.3, 0.4) is 0 Å². The first-order valence-corrected chi connectivity index (χ1v) is 16.8. The van der Waals surface area contributed by atoms with E-state index in [2.05, 4.69) is 5.32 Å². The van der Waals surface area contributed by atoms with Gasteiger partial charge < -0.3 is 10.2 Å². The number of benzene rings is 4. The van der Waals surface area contributed by atoms with Crippen molar-refractivity contribution in [3.8, 4) is 0 Å². The topological polar surface area (TPSA) is 86.8 Å². The highest BCUT2D eigenvalue weighted by Gasteiger charge is 2.35. The Hall–Kier alpha value is -3.85. The molecule has 0 radical (unpaired) electrons. The molecule has 0 aliphatic rings. The Morgan fingerprint density at radius 2 is 1.44 bits per heavy atom. The summed E-state index contributed by atoms with van der Waals surface area (Å²) in [5.74, 6) is -0.911. The molecular formula is C35H37Cl2N3O4S. The van der Waals surface area contributed by atoms with Crippen LogP contribution in [0.15, 0.2) is 102 Å². The molecule has 10 heteroatoms. The molecule has 0 saturated heterocycles. The van der Waals surface area contributed by atoms with E-state index in [-0.39, 0.29) is 29.8 Å². The quantitative estimate of drug-likeness (QED) is 0.177. The van der Waals surface area contributed by atoms with Crippen LogP contribution in [0.4, 0.5) is 5.69 Å². The van der Waals surface area contributed by atoms with Gasteiger partial charge in [0.2, 0.25) is 11.8 Å². The number of sulfonamides is 1. The largest absolute Gasteiger partial charge is 0.352 e. The number of carbonyl (C=O) groups is 2. The molecule has 0 aliphatic carbocycles. The van der Waals surface area contributed by atoms with Crippen LogP contribution >= 0.6 is 23.2 Å². The van der Waals surface area contributed by atoms with Crippen LogP contribution in [0.25, 0.3) is 0 Å². The number of rotatable bonds is 12. The predicted molar refractivity (Wildman–Crippen MR) is 181 cm³/mol. The third kappa shape index (κ3) is 8.66. The lowest BCUT2D eigenvalue weighted by atomic mass is 10.0. The number of nitrogens with one attached hydrogen (secondary N) is 1. The van der Waals surface area contributed by atoms with Gasteiger partial charge in [-0.3, -0.25) is 13.9 Å². The summed E-state index contributed by atoms with van der Waals surface area (Å²) in [4.78, 5) is 29.8. The summed E-state index contributed by atoms with van der Waals surface area (Å²) in [6.07, 6.45) is 0.210. The molecule has 4 rings (SSSR count). The van der Waals surface area contributed by atoms with E-state index in [1.807, 2.05) is 51.1 Å². The first kappa shape index (κ1) is 34.0. The van der Waals surface area contributed by atoms with Gasteiger partial charge in [-0.25, -0.2) is 8.42 Å². The van der Waals surface area contributed by atoms with Crippen molar-refractivity contribution in [2.45, 2.75) is 57.6 Å². The van der Waals surface area contributed by atoms with Gasteiger partial charge in [0.15, 0.2) is 0 Å². The number of para-hydroxylation sites is 1. The molecule has 0 fully saturated rings. The Kier molecular flexibility index (Phi) is 11.3. The Morgan fingerprint density at radius 1 is 0.800 bits per heavy atom. The second-order valence-electron chi connectivity index (χ2n) is 11.3. The number of halogens is 2. The number of hydrogen-bond donors (Lipinski definition) is 1. The van der Waals surface area contributed by atoms with Crippen LogP contribution in [0.2, 0.25) is 10.0 Å². The second-order valence-corrected chi connectivity index (χ2v) is 13.9. The first-order chi connectivity index (χ1) is 21.4. The number of aryl methyl sites for hydroxylation is 2. The molecule has 4 aromatic carbocycles. The van der Waals surface area contributed by atoms with Crippen LogP contribution in [0, 0.1) is 13.8 Å². The third-order valence-corrected chi connectivity index (χ3v) is 9.82. The Labute approximate surface area is 275 Å². The first-order valence-electron chi connectivity index (χ1n) is 14.6. The highest BCUT2D eigenvalue weighted by molar-refractivity contribution is 7.92. The molecule has 236 valence electrons. The molecule has 0 aliphatic heterocycles. The lowest BCUT2D eigenvalue weighted by molar-refractivity contribution is -0.140. The van der Waals surface area contributed by atoms with Crippen molar-refractivity contribution in [2.24, 2.45) is 0 Å². The molecule has 0 spiro atoms. The molecule has 0 unspecified atom stereocenters. The van der Waals surface area contributed by atoms with E-state index < -0.39 is 28.5 Å². The maximum atomic E-state index is 14.5. The summed E-state index contributed by atoms with van der Waals surface area (Å²) >= 11 is 12.5. The standard InChI is InChI=1S/C35H37Cl2N3O4S/c1-24(2)38-35(42)33(21-27-11-6-5-7-12-27)39(22-28-16-19-30(36)31(37)20-28)34(41)23-40(32-13-9-8-10-26(32)4)45(43,44)29-17-14-25(3)15-18-29/h5-20,24,33H,21-23H2,1-4H3,(H,38,42)/t33-/m0/s1. The van der Waals surface area contributed by atoms with Crippen molar-refractivity contribution in [1.82, 2.24) is 10.2 Å². The molecule has 7 nitrogen and oxygen atoms in total. The van der Waals surface area contributed by atoms with Crippen molar-refractivity contribution in [2.75, 3.05) is 10.8 Å². The third-order valence-electron chi connectivity index (χ3n) is 7.31. The molecule has 1 N–H and O–H groups in total. The van der Waals surface area contributed by atoms with Gasteiger partial charge in [0.25, 0.3) is 10.0 Å². The van der Waals surface area contributed by atoms with Crippen molar-refractivity contribution in [3.05, 3.63) is 129 Å². The zero-order valence-corrected chi connectivity index (χ0v) is 28.0. The van der Waals surface area contributed by atoms with E-state index in [9.17, 15) is 18.0 Å². The van der Waals surface area contributed by atoms with Crippen LogP contribution in [-0.4, -0.2) is 43.8 Å². The van der Waals surface area contributed by atoms with E-state index in [4.69, 9.17) is 23.2 Å². The number of carbonyl (C=O) groups excluding carboxylic acids is 2. The minimum absolute atomic E-state index is 0.00900. The van der Waals surface area contributed by atoms with Gasteiger partial charge in [-0.15, -0.1) is 0 Å². The molecule has 4 aromatic rings. The van der Waals surface area contributed by atoms with Gasteiger partial charge in [0.05, 0.1) is 20.6 Å². The van der Waals surface area contributed by atoms with E-state index in [0.717, 1.165) is 15.4 Å². The molecule has 0 saturated carbocycles. The fraction of sp³-hybridized carbons (Fsp3) is 0.257. The fourth-order valence-electron chi connectivity index (χ4n) is 4.96. The minimum atomic E-state index is -4.18. The van der Waals surface area contributed by atoms with Gasteiger partial charge >= 0.3 is 0 Å². The monoisotopic (exact) mass is 665 g/mol. The number of amides is 2. The van der Waals surface area contributed by atoms with Crippen molar-refractivity contribution in [3.63, 3.8) is 0 Å². The zero-order valence-electron chi connectivity index (χ0n) is 25.7. The number of anilines is 1. The van der Waals surface area contributed by atoms with Crippen molar-refractivity contribution < 1.29 is 18.0 Å². The summed E-state index contributed by atoms with van der Waals surface area (Å²) in [5.41, 5.74) is 3.43. The van der Waals surface area contributed by atoms with Gasteiger partial charge in [-0.1, -0.05) is 95.5 Å². The Morgan fingerprint density at radius 3 is 2.07 bits per heavy atom. The van der Waals surface area contributed by atoms with Crippen LogP contribution in [0.1, 0.15) is 36.1 Å². The summed E-state index contributed by atoms with van der Waals surface area (Å²) in [5, 5.41) is 3.60. The molecule has 0 heterocycles. The Bertz CT molecular complexity index is 1750. The zero-order chi connectivity index (χ0) is 32.7. The van der Waals surface area contributed by atoms with E-state index in [1.165, 1.54) is 17.0 Å². The predicted octanol–water partition coefficient (Wildman–Crippen LogP) is 6.97. The van der Waals surface area contributed by atoms with E-state index in [0.29, 0.717) is 26.9 Å². The maximum absolute atomic E-state index is 14.5. The van der Waals surface area contributed by atoms with Crippen LogP contribution in [0.5, 0.6) is 0 Å². The number of hydrogen-bond acceptors (Lipinski definition) is 4. The molecule has 2 amide bonds. The lowest BCUT2D eigenvalue weighted by Gasteiger charge is -2.34. The molecule has 1 atom stereocenters. The van der Waals surface area contributed by atoms with Crippen molar-refractivity contribution in [1.29, 1.82) is 0 Å². The average Bonchev–Trinajstić information content (AvgIpc) is 3.00. The minimum Gasteiger partial charge on any atom is -0.352 e. The van der Waals surface area contributed by atoms with Gasteiger partial charge in [0.1, 0.15) is 12.6 Å². The van der Waals surface area contributed by atoms with Crippen LogP contribution < -0.4 is 9.62 Å². The Balaban J connectivity index is 1.83. The van der Waals surface area contributed by atoms with Crippen molar-refractivity contribution >= 4 is 50.7 Å². The summed E-state index contributed by atoms with van der Waals surface area (Å²) in [6.45, 7) is 6.80. The van der Waals surface area contributed by atoms with Gasteiger partial charge in [0, 0.05) is 19.0 Å². The highest BCUT2D eigenvalue weighted by atomic mass is 35.5.